The Morgan fingerprint density at radius 3 is 2.06 bits per heavy atom. The molecule has 2 atom stereocenters. The molecule has 2 unspecified atom stereocenters. The minimum Gasteiger partial charge on any atom is -0.494 e. The largest absolute Gasteiger partial charge is 0.494 e. The van der Waals surface area contributed by atoms with Gasteiger partial charge in [0.1, 0.15) is 24.7 Å². The first-order valence-corrected chi connectivity index (χ1v) is 30.1. The summed E-state index contributed by atoms with van der Waals surface area (Å²) >= 11 is 0. The third kappa shape index (κ3) is 31.4. The number of nitrogens with zero attached hydrogens (tertiary/aromatic N) is 4. The summed E-state index contributed by atoms with van der Waals surface area (Å²) in [5.74, 6) is 0.477. The van der Waals surface area contributed by atoms with Crippen molar-refractivity contribution >= 4 is 29.9 Å². The van der Waals surface area contributed by atoms with E-state index in [0.29, 0.717) is 104 Å². The Hall–Kier alpha value is -7.39. The Morgan fingerprint density at radius 2 is 1.35 bits per heavy atom. The highest BCUT2D eigenvalue weighted by atomic mass is 16.5. The number of unbranched alkanes of at least 4 members (excludes halogenated alkanes) is 5. The molecule has 460 valence electrons. The van der Waals surface area contributed by atoms with Crippen molar-refractivity contribution in [1.82, 2.24) is 46.4 Å². The topological polar surface area (TPSA) is 241 Å². The lowest BCUT2D eigenvalue weighted by atomic mass is 10.1. The molecule has 19 heteroatoms. The van der Waals surface area contributed by atoms with Gasteiger partial charge in [-0.1, -0.05) is 106 Å². The average molecular weight is 1170 g/mol. The second-order valence-corrected chi connectivity index (χ2v) is 21.1. The lowest BCUT2D eigenvalue weighted by Gasteiger charge is -2.28. The fraction of sp³-hybridized carbons (Fsp3) is 0.470. The van der Waals surface area contributed by atoms with E-state index in [1.54, 1.807) is 18.5 Å². The predicted octanol–water partition coefficient (Wildman–Crippen LogP) is 7.20. The fourth-order valence-electron chi connectivity index (χ4n) is 9.21. The number of nitrogens with two attached hydrogens (primary N) is 1. The summed E-state index contributed by atoms with van der Waals surface area (Å²) in [5.41, 5.74) is 13.4. The van der Waals surface area contributed by atoms with E-state index in [1.807, 2.05) is 85.1 Å². The number of allylic oxidation sites excluding steroid dienone is 4. The average Bonchev–Trinajstić information content (AvgIpc) is 3.54. The van der Waals surface area contributed by atoms with Gasteiger partial charge in [-0.15, -0.1) is 0 Å². The Kier molecular flexibility index (Phi) is 34.1. The number of dihydropyridines is 1. The SMILES string of the molecule is CCCCCC(=O)Cc1cccc(CN(Cc2cc(CN(Cc3ccccn3)CC(N)/C=C\C=C\NC(=O)CCCCC)cc(OCCCCNC(=O)COCCOCCOCC(=O)NCc3ccc(CNC=O)cc3)c2)CC2C=CC=CN2)n1. The number of ether oxygens (including phenoxy) is 4. The van der Waals surface area contributed by atoms with E-state index >= 15 is 0 Å². The molecule has 5 rings (SSSR count). The maximum atomic E-state index is 12.9. The zero-order chi connectivity index (χ0) is 60.4. The van der Waals surface area contributed by atoms with E-state index in [9.17, 15) is 24.0 Å². The van der Waals surface area contributed by atoms with Crippen LogP contribution in [0.3, 0.4) is 0 Å². The molecule has 4 aromatic rings. The molecule has 0 spiro atoms. The van der Waals surface area contributed by atoms with Crippen molar-refractivity contribution in [2.24, 2.45) is 5.73 Å². The van der Waals surface area contributed by atoms with Gasteiger partial charge in [0.25, 0.3) is 0 Å². The first-order valence-electron chi connectivity index (χ1n) is 30.1. The van der Waals surface area contributed by atoms with Gasteiger partial charge in [0.2, 0.25) is 24.1 Å². The van der Waals surface area contributed by atoms with Crippen LogP contribution in [0.25, 0.3) is 0 Å². The van der Waals surface area contributed by atoms with Gasteiger partial charge in [-0.05, 0) is 103 Å². The fourth-order valence-corrected chi connectivity index (χ4v) is 9.21. The van der Waals surface area contributed by atoms with Crippen LogP contribution in [-0.2, 0) is 83.9 Å². The summed E-state index contributed by atoms with van der Waals surface area (Å²) in [6.07, 6.45) is 26.6. The quantitative estimate of drug-likeness (QED) is 0.0146. The van der Waals surface area contributed by atoms with Gasteiger partial charge in [-0.2, -0.15) is 0 Å². The predicted molar refractivity (Wildman–Crippen MR) is 331 cm³/mol. The zero-order valence-electron chi connectivity index (χ0n) is 50.1. The summed E-state index contributed by atoms with van der Waals surface area (Å²) in [6.45, 7) is 10.2. The molecule has 2 aromatic carbocycles. The molecule has 85 heavy (non-hydrogen) atoms. The van der Waals surface area contributed by atoms with Gasteiger partial charge in [-0.3, -0.25) is 43.7 Å². The minimum absolute atomic E-state index is 0.000134. The standard InChI is InChI=1S/C66H92N10O9/c1-3-5-7-23-62(78)41-58-21-17-22-61(74-58)49-76(48-60-20-11-14-30-70-60)45-56-38-55(44-75(47-59-19-10-13-29-69-59)46-57(67)18-9-12-31-71-64(79)24-8-6-4-2)39-63(40-56)85-33-16-15-32-72-65(80)50-83-36-34-82-35-37-84-51-66(81)73-43-54-27-25-53(26-28-54)42-68-52-77/h9-14,17-22,25-31,38-40,52,57,60,70H,3-8,15-16,23-24,32-37,41-51,67H2,1-2H3,(H,68,77)(H,71,79)(H,72,80)(H,73,81)/b18-9-,31-12+. The van der Waals surface area contributed by atoms with E-state index in [-0.39, 0.29) is 75.2 Å². The maximum Gasteiger partial charge on any atom is 0.246 e. The van der Waals surface area contributed by atoms with Crippen LogP contribution >= 0.6 is 0 Å². The van der Waals surface area contributed by atoms with Crippen LogP contribution in [0.2, 0.25) is 0 Å². The van der Waals surface area contributed by atoms with Gasteiger partial charge in [0, 0.05) is 102 Å². The molecule has 0 bridgehead atoms. The van der Waals surface area contributed by atoms with Crippen LogP contribution in [-0.4, -0.2) is 128 Å². The van der Waals surface area contributed by atoms with E-state index in [2.05, 4.69) is 85.6 Å². The Bertz CT molecular complexity index is 2690. The van der Waals surface area contributed by atoms with Crippen molar-refractivity contribution < 1.29 is 42.9 Å². The van der Waals surface area contributed by atoms with Gasteiger partial charge in [0.15, 0.2) is 0 Å². The van der Waals surface area contributed by atoms with Gasteiger partial charge < -0.3 is 51.3 Å². The molecule has 0 aliphatic carbocycles. The molecule has 3 heterocycles. The molecule has 2 aromatic heterocycles. The molecular formula is C66H92N10O9. The van der Waals surface area contributed by atoms with Crippen molar-refractivity contribution in [2.45, 2.75) is 136 Å². The Balaban J connectivity index is 1.15. The maximum absolute atomic E-state index is 12.9. The molecule has 7 N–H and O–H groups in total. The third-order valence-electron chi connectivity index (χ3n) is 13.5. The number of Topliss-reactive ketones (excluding diaryl/α,β-unsaturated/α-hetero) is 1. The van der Waals surface area contributed by atoms with Crippen LogP contribution in [0.5, 0.6) is 5.75 Å². The number of nitrogens with one attached hydrogen (secondary N) is 5. The van der Waals surface area contributed by atoms with Crippen LogP contribution < -0.4 is 37.1 Å². The molecule has 19 nitrogen and oxygen atoms in total. The van der Waals surface area contributed by atoms with Crippen LogP contribution in [0, 0.1) is 0 Å². The summed E-state index contributed by atoms with van der Waals surface area (Å²) in [5, 5.41) is 14.7. The summed E-state index contributed by atoms with van der Waals surface area (Å²) < 4.78 is 23.0. The smallest absolute Gasteiger partial charge is 0.246 e. The lowest BCUT2D eigenvalue weighted by Crippen LogP contribution is -2.38. The van der Waals surface area contributed by atoms with Crippen molar-refractivity contribution in [1.29, 1.82) is 0 Å². The lowest BCUT2D eigenvalue weighted by molar-refractivity contribution is -0.126. The summed E-state index contributed by atoms with van der Waals surface area (Å²) in [7, 11) is 0. The number of aromatic nitrogens is 2. The number of hydrogen-bond acceptors (Lipinski definition) is 15. The molecular weight excluding hydrogens is 1080 g/mol. The van der Waals surface area contributed by atoms with Crippen molar-refractivity contribution in [3.63, 3.8) is 0 Å². The highest BCUT2D eigenvalue weighted by Gasteiger charge is 2.18. The Morgan fingerprint density at radius 1 is 0.671 bits per heavy atom. The highest BCUT2D eigenvalue weighted by Crippen LogP contribution is 2.23. The molecule has 0 saturated heterocycles. The van der Waals surface area contributed by atoms with E-state index in [0.717, 1.165) is 83.6 Å². The first kappa shape index (κ1) is 68.4. The van der Waals surface area contributed by atoms with Crippen LogP contribution in [0.15, 0.2) is 134 Å². The molecule has 0 fully saturated rings. The van der Waals surface area contributed by atoms with E-state index < -0.39 is 0 Å². The second-order valence-electron chi connectivity index (χ2n) is 21.1. The number of carbonyl (C=O) groups excluding carboxylic acids is 5. The van der Waals surface area contributed by atoms with E-state index in [4.69, 9.17) is 29.7 Å². The van der Waals surface area contributed by atoms with E-state index in [1.165, 1.54) is 0 Å². The van der Waals surface area contributed by atoms with Gasteiger partial charge in [-0.25, -0.2) is 0 Å². The third-order valence-corrected chi connectivity index (χ3v) is 13.5. The molecule has 4 amide bonds. The number of rotatable bonds is 46. The van der Waals surface area contributed by atoms with Gasteiger partial charge >= 0.3 is 0 Å². The minimum atomic E-state index is -0.323. The monoisotopic (exact) mass is 1170 g/mol. The second kappa shape index (κ2) is 42.4. The number of pyridine rings is 2. The molecule has 1 aliphatic rings. The highest BCUT2D eigenvalue weighted by molar-refractivity contribution is 5.80. The zero-order valence-corrected chi connectivity index (χ0v) is 50.1. The molecule has 0 radical (unpaired) electrons. The molecule has 0 saturated carbocycles. The number of amides is 4. The normalized spacial score (nSPS) is 13.3. The summed E-state index contributed by atoms with van der Waals surface area (Å²) in [6, 6.07) is 25.6. The Labute approximate surface area is 503 Å². The number of benzene rings is 2. The van der Waals surface area contributed by atoms with Crippen LogP contribution in [0.4, 0.5) is 0 Å². The van der Waals surface area contributed by atoms with Crippen molar-refractivity contribution in [2.75, 3.05) is 65.9 Å². The van der Waals surface area contributed by atoms with Crippen molar-refractivity contribution in [3.05, 3.63) is 173 Å². The number of ketones is 1. The van der Waals surface area contributed by atoms with Crippen molar-refractivity contribution in [3.8, 4) is 5.75 Å². The van der Waals surface area contributed by atoms with Crippen LogP contribution in [0.1, 0.15) is 117 Å². The van der Waals surface area contributed by atoms with Gasteiger partial charge in [0.05, 0.1) is 50.5 Å². The molecule has 1 aliphatic heterocycles. The summed E-state index contributed by atoms with van der Waals surface area (Å²) in [4.78, 5) is 74.7. The number of carbonyl (C=O) groups is 5. The first-order chi connectivity index (χ1) is 41.6. The number of hydrogen-bond donors (Lipinski definition) is 6.